The van der Waals surface area contributed by atoms with Crippen molar-refractivity contribution in [2.75, 3.05) is 26.2 Å². The van der Waals surface area contributed by atoms with Crippen molar-refractivity contribution in [3.63, 3.8) is 0 Å². The van der Waals surface area contributed by atoms with Crippen LogP contribution in [0.25, 0.3) is 10.9 Å². The van der Waals surface area contributed by atoms with Crippen LogP contribution in [0, 0.1) is 22.7 Å². The summed E-state index contributed by atoms with van der Waals surface area (Å²) < 4.78 is 7.88. The molecule has 2 aromatic carbocycles. The van der Waals surface area contributed by atoms with Crippen molar-refractivity contribution in [1.82, 2.24) is 14.4 Å². The standard InChI is InChI=1S/C26H25N5O2/c1-29-23-5-3-2-4-19(23)13-24(29)26(32)30-16-21-7-8-22(17-30)31(21)10-11-33-25-9-6-18(14-27)12-20(25)15-28/h2-6,9,12-13,21-22H,7-8,10-11,16-17H2,1H3. The van der Waals surface area contributed by atoms with Crippen LogP contribution >= 0.6 is 0 Å². The van der Waals surface area contributed by atoms with Crippen LogP contribution in [0.3, 0.4) is 0 Å². The van der Waals surface area contributed by atoms with Gasteiger partial charge in [0.05, 0.1) is 17.2 Å². The average molecular weight is 440 g/mol. The lowest BCUT2D eigenvalue weighted by Gasteiger charge is -2.41. The first-order valence-corrected chi connectivity index (χ1v) is 11.3. The van der Waals surface area contributed by atoms with Crippen LogP contribution in [0.5, 0.6) is 5.75 Å². The fourth-order valence-electron chi connectivity index (χ4n) is 5.25. The third kappa shape index (κ3) is 3.82. The summed E-state index contributed by atoms with van der Waals surface area (Å²) in [5.41, 5.74) is 2.63. The molecule has 3 aromatic rings. The van der Waals surface area contributed by atoms with E-state index in [-0.39, 0.29) is 5.91 Å². The van der Waals surface area contributed by atoms with Gasteiger partial charge >= 0.3 is 0 Å². The lowest BCUT2D eigenvalue weighted by Crippen LogP contribution is -2.56. The Morgan fingerprint density at radius 1 is 1.06 bits per heavy atom. The molecular weight excluding hydrogens is 414 g/mol. The summed E-state index contributed by atoms with van der Waals surface area (Å²) in [6.07, 6.45) is 2.15. The number of hydrogen-bond acceptors (Lipinski definition) is 5. The molecule has 2 bridgehead atoms. The summed E-state index contributed by atoms with van der Waals surface area (Å²) in [5, 5.41) is 19.4. The van der Waals surface area contributed by atoms with Gasteiger partial charge in [-0.3, -0.25) is 9.69 Å². The van der Waals surface area contributed by atoms with Crippen LogP contribution in [0.2, 0.25) is 0 Å². The van der Waals surface area contributed by atoms with Gasteiger partial charge < -0.3 is 14.2 Å². The van der Waals surface area contributed by atoms with E-state index in [0.29, 0.717) is 35.6 Å². The number of aromatic nitrogens is 1. The second-order valence-corrected chi connectivity index (χ2v) is 8.76. The Kier molecular flexibility index (Phi) is 5.50. The molecule has 0 N–H and O–H groups in total. The number of ether oxygens (including phenoxy) is 1. The number of nitrogens with zero attached hydrogens (tertiary/aromatic N) is 5. The number of piperazine rings is 1. The highest BCUT2D eigenvalue weighted by atomic mass is 16.5. The first-order valence-electron chi connectivity index (χ1n) is 11.3. The normalized spacial score (nSPS) is 19.9. The molecule has 1 aromatic heterocycles. The van der Waals surface area contributed by atoms with Gasteiger partial charge in [0.25, 0.3) is 5.91 Å². The molecule has 2 unspecified atom stereocenters. The van der Waals surface area contributed by atoms with E-state index in [4.69, 9.17) is 10.00 Å². The molecule has 2 aliphatic rings. The van der Waals surface area contributed by atoms with E-state index in [9.17, 15) is 10.1 Å². The maximum atomic E-state index is 13.3. The zero-order chi connectivity index (χ0) is 22.9. The molecule has 2 saturated heterocycles. The first kappa shape index (κ1) is 21.1. The number of carbonyl (C=O) groups excluding carboxylic acids is 1. The van der Waals surface area contributed by atoms with E-state index in [1.807, 2.05) is 52.9 Å². The lowest BCUT2D eigenvalue weighted by atomic mass is 10.1. The molecule has 1 amide bonds. The van der Waals surface area contributed by atoms with E-state index < -0.39 is 0 Å². The van der Waals surface area contributed by atoms with Gasteiger partial charge in [-0.2, -0.15) is 10.5 Å². The van der Waals surface area contributed by atoms with Crippen molar-refractivity contribution in [2.45, 2.75) is 24.9 Å². The molecule has 3 heterocycles. The molecule has 2 fully saturated rings. The highest BCUT2D eigenvalue weighted by Crippen LogP contribution is 2.31. The van der Waals surface area contributed by atoms with Crippen molar-refractivity contribution in [2.24, 2.45) is 7.05 Å². The minimum absolute atomic E-state index is 0.0951. The second-order valence-electron chi connectivity index (χ2n) is 8.76. The molecule has 7 nitrogen and oxygen atoms in total. The van der Waals surface area contributed by atoms with Crippen LogP contribution < -0.4 is 4.74 Å². The van der Waals surface area contributed by atoms with Crippen LogP contribution in [0.1, 0.15) is 34.5 Å². The predicted octanol–water partition coefficient (Wildman–Crippen LogP) is 3.29. The number of likely N-dealkylation sites (tertiary alicyclic amines) is 1. The van der Waals surface area contributed by atoms with Gasteiger partial charge in [-0.1, -0.05) is 18.2 Å². The largest absolute Gasteiger partial charge is 0.491 e. The summed E-state index contributed by atoms with van der Waals surface area (Å²) in [4.78, 5) is 17.8. The summed E-state index contributed by atoms with van der Waals surface area (Å²) in [7, 11) is 1.95. The second kappa shape index (κ2) is 8.61. The smallest absolute Gasteiger partial charge is 0.270 e. The number of rotatable bonds is 5. The monoisotopic (exact) mass is 439 g/mol. The molecule has 2 atom stereocenters. The maximum Gasteiger partial charge on any atom is 0.270 e. The molecule has 0 spiro atoms. The fourth-order valence-corrected chi connectivity index (χ4v) is 5.25. The Morgan fingerprint density at radius 3 is 2.52 bits per heavy atom. The first-order chi connectivity index (χ1) is 16.1. The number of aryl methyl sites for hydroxylation is 1. The topological polar surface area (TPSA) is 85.3 Å². The van der Waals surface area contributed by atoms with Crippen LogP contribution in [-0.2, 0) is 7.05 Å². The Hall–Kier alpha value is -3.81. The van der Waals surface area contributed by atoms with Crippen LogP contribution in [0.15, 0.2) is 48.5 Å². The van der Waals surface area contributed by atoms with E-state index in [1.165, 1.54) is 0 Å². The van der Waals surface area contributed by atoms with E-state index >= 15 is 0 Å². The quantitative estimate of drug-likeness (QED) is 0.609. The number of para-hydroxylation sites is 1. The van der Waals surface area contributed by atoms with Crippen molar-refractivity contribution in [3.8, 4) is 17.9 Å². The van der Waals surface area contributed by atoms with E-state index in [0.717, 1.165) is 49.1 Å². The third-order valence-electron chi connectivity index (χ3n) is 6.93. The Labute approximate surface area is 193 Å². The minimum Gasteiger partial charge on any atom is -0.491 e. The summed E-state index contributed by atoms with van der Waals surface area (Å²) in [6.45, 7) is 2.65. The summed E-state index contributed by atoms with van der Waals surface area (Å²) in [5.74, 6) is 0.603. The highest BCUT2D eigenvalue weighted by Gasteiger charge is 2.41. The summed E-state index contributed by atoms with van der Waals surface area (Å²) in [6, 6.07) is 19.8. The molecule has 5 rings (SSSR count). The molecule has 2 aliphatic heterocycles. The molecule has 0 saturated carbocycles. The number of amides is 1. The molecule has 0 radical (unpaired) electrons. The lowest BCUT2D eigenvalue weighted by molar-refractivity contribution is 0.0400. The zero-order valence-electron chi connectivity index (χ0n) is 18.6. The van der Waals surface area contributed by atoms with Crippen LogP contribution in [-0.4, -0.2) is 58.6 Å². The Bertz CT molecular complexity index is 1280. The van der Waals surface area contributed by atoms with Crippen molar-refractivity contribution >= 4 is 16.8 Å². The van der Waals surface area contributed by atoms with Gasteiger partial charge in [-0.15, -0.1) is 0 Å². The van der Waals surface area contributed by atoms with Crippen molar-refractivity contribution in [3.05, 3.63) is 65.4 Å². The van der Waals surface area contributed by atoms with E-state index in [1.54, 1.807) is 18.2 Å². The van der Waals surface area contributed by atoms with Crippen molar-refractivity contribution in [1.29, 1.82) is 10.5 Å². The van der Waals surface area contributed by atoms with Gasteiger partial charge in [0.15, 0.2) is 0 Å². The number of hydrogen-bond donors (Lipinski definition) is 0. The average Bonchev–Trinajstić information content (AvgIpc) is 3.29. The van der Waals surface area contributed by atoms with Gasteiger partial charge in [0.2, 0.25) is 0 Å². The van der Waals surface area contributed by atoms with E-state index in [2.05, 4.69) is 11.0 Å². The third-order valence-corrected chi connectivity index (χ3v) is 6.93. The number of nitriles is 2. The fraction of sp³-hybridized carbons (Fsp3) is 0.346. The Balaban J connectivity index is 1.23. The van der Waals surface area contributed by atoms with Gasteiger partial charge in [0, 0.05) is 49.7 Å². The van der Waals surface area contributed by atoms with Gasteiger partial charge in [-0.05, 0) is 43.2 Å². The zero-order valence-corrected chi connectivity index (χ0v) is 18.6. The highest BCUT2D eigenvalue weighted by molar-refractivity contribution is 5.98. The summed E-state index contributed by atoms with van der Waals surface area (Å²) >= 11 is 0. The molecule has 33 heavy (non-hydrogen) atoms. The maximum absolute atomic E-state index is 13.3. The van der Waals surface area contributed by atoms with Gasteiger partial charge in [-0.25, -0.2) is 0 Å². The molecule has 166 valence electrons. The van der Waals surface area contributed by atoms with Crippen molar-refractivity contribution < 1.29 is 9.53 Å². The number of fused-ring (bicyclic) bond motifs is 3. The molecular formula is C26H25N5O2. The Morgan fingerprint density at radius 2 is 1.82 bits per heavy atom. The van der Waals surface area contributed by atoms with Gasteiger partial charge in [0.1, 0.15) is 24.1 Å². The SMILES string of the molecule is Cn1c(C(=O)N2CC3CCC(C2)N3CCOc2ccc(C#N)cc2C#N)cc2ccccc21. The number of carbonyl (C=O) groups is 1. The van der Waals surface area contributed by atoms with Crippen LogP contribution in [0.4, 0.5) is 0 Å². The molecule has 0 aliphatic carbocycles. The molecule has 7 heteroatoms. The minimum atomic E-state index is 0.0951. The number of benzene rings is 2. The predicted molar refractivity (Wildman–Crippen MR) is 124 cm³/mol.